The first-order valence-electron chi connectivity index (χ1n) is 10.0. The fraction of sp³-hybridized carbons (Fsp3) is 0.476. The van der Waals surface area contributed by atoms with Crippen molar-refractivity contribution in [3.63, 3.8) is 0 Å². The summed E-state index contributed by atoms with van der Waals surface area (Å²) in [6, 6.07) is 4.38. The molecule has 0 radical (unpaired) electrons. The minimum absolute atomic E-state index is 0.0999. The Kier molecular flexibility index (Phi) is 6.72. The van der Waals surface area contributed by atoms with Crippen molar-refractivity contribution in [3.8, 4) is 10.4 Å². The summed E-state index contributed by atoms with van der Waals surface area (Å²) in [5.41, 5.74) is 0.852. The van der Waals surface area contributed by atoms with E-state index in [0.717, 1.165) is 28.1 Å². The van der Waals surface area contributed by atoms with Crippen LogP contribution in [0, 0.1) is 0 Å². The van der Waals surface area contributed by atoms with Crippen LogP contribution < -0.4 is 5.56 Å². The third-order valence-corrected chi connectivity index (χ3v) is 8.21. The number of nitrogens with one attached hydrogen (secondary N) is 1. The van der Waals surface area contributed by atoms with E-state index in [9.17, 15) is 9.59 Å². The molecule has 8 heteroatoms. The lowest BCUT2D eigenvalue weighted by atomic mass is 10.1. The fourth-order valence-corrected chi connectivity index (χ4v) is 6.45. The highest BCUT2D eigenvalue weighted by molar-refractivity contribution is 7.99. The molecule has 5 nitrogen and oxygen atoms in total. The number of thioether (sulfide) groups is 1. The van der Waals surface area contributed by atoms with Crippen LogP contribution in [-0.4, -0.2) is 39.6 Å². The first-order valence-corrected chi connectivity index (χ1v) is 12.9. The normalized spacial score (nSPS) is 15.5. The van der Waals surface area contributed by atoms with Crippen LogP contribution in [0.2, 0.25) is 0 Å². The van der Waals surface area contributed by atoms with Crippen molar-refractivity contribution in [3.05, 3.63) is 39.1 Å². The van der Waals surface area contributed by atoms with Crippen LogP contribution in [0.1, 0.15) is 44.3 Å². The third kappa shape index (κ3) is 4.75. The van der Waals surface area contributed by atoms with Gasteiger partial charge in [0.2, 0.25) is 5.91 Å². The monoisotopic (exact) mass is 447 g/mol. The van der Waals surface area contributed by atoms with Gasteiger partial charge in [-0.25, -0.2) is 4.98 Å². The molecule has 1 amide bonds. The van der Waals surface area contributed by atoms with E-state index in [2.05, 4.69) is 9.97 Å². The van der Waals surface area contributed by atoms with Gasteiger partial charge in [-0.1, -0.05) is 31.7 Å². The Bertz CT molecular complexity index is 1020. The average Bonchev–Trinajstić information content (AvgIpc) is 3.31. The van der Waals surface area contributed by atoms with Gasteiger partial charge in [-0.3, -0.25) is 9.59 Å². The minimum atomic E-state index is -0.0999. The van der Waals surface area contributed by atoms with Gasteiger partial charge in [0.15, 0.2) is 0 Å². The molecule has 154 valence electrons. The Morgan fingerprint density at radius 2 is 2.07 bits per heavy atom. The summed E-state index contributed by atoms with van der Waals surface area (Å²) in [4.78, 5) is 36.5. The van der Waals surface area contributed by atoms with Crippen molar-refractivity contribution in [2.24, 2.45) is 0 Å². The standard InChI is InChI=1S/C21H25N3O2S3/c1-24(14-7-4-2-3-5-8-14)18(25)13-27-12-17-22-20(26)19-15(11-29-21(19)23-17)16-9-6-10-28-16/h6,9-11,14H,2-5,7-8,12-13H2,1H3,(H,22,23,26). The molecule has 1 aliphatic carbocycles. The lowest BCUT2D eigenvalue weighted by Crippen LogP contribution is -2.37. The van der Waals surface area contributed by atoms with Crippen LogP contribution in [0.3, 0.4) is 0 Å². The van der Waals surface area contributed by atoms with E-state index in [1.807, 2.05) is 34.8 Å². The van der Waals surface area contributed by atoms with Gasteiger partial charge >= 0.3 is 0 Å². The lowest BCUT2D eigenvalue weighted by molar-refractivity contribution is -0.129. The molecule has 0 unspecified atom stereocenters. The summed E-state index contributed by atoms with van der Waals surface area (Å²) in [7, 11) is 1.93. The number of thiophene rings is 2. The first-order chi connectivity index (χ1) is 14.1. The number of rotatable bonds is 6. The van der Waals surface area contributed by atoms with Crippen molar-refractivity contribution in [1.82, 2.24) is 14.9 Å². The van der Waals surface area contributed by atoms with Crippen molar-refractivity contribution >= 4 is 50.6 Å². The maximum Gasteiger partial charge on any atom is 0.260 e. The molecule has 3 heterocycles. The fourth-order valence-electron chi connectivity index (χ4n) is 3.86. The maximum atomic E-state index is 12.7. The Balaban J connectivity index is 1.38. The Morgan fingerprint density at radius 1 is 1.28 bits per heavy atom. The van der Waals surface area contributed by atoms with Crippen LogP contribution in [-0.2, 0) is 10.5 Å². The van der Waals surface area contributed by atoms with Gasteiger partial charge in [-0.05, 0) is 24.3 Å². The van der Waals surface area contributed by atoms with Crippen molar-refractivity contribution in [2.45, 2.75) is 50.3 Å². The van der Waals surface area contributed by atoms with Crippen molar-refractivity contribution < 1.29 is 4.79 Å². The summed E-state index contributed by atoms with van der Waals surface area (Å²) in [5, 5.41) is 4.67. The maximum absolute atomic E-state index is 12.7. The van der Waals surface area contributed by atoms with E-state index in [-0.39, 0.29) is 11.5 Å². The predicted molar refractivity (Wildman–Crippen MR) is 124 cm³/mol. The molecule has 0 atom stereocenters. The van der Waals surface area contributed by atoms with Crippen LogP contribution >= 0.6 is 34.4 Å². The number of aromatic nitrogens is 2. The predicted octanol–water partition coefficient (Wildman–Crippen LogP) is 5.13. The summed E-state index contributed by atoms with van der Waals surface area (Å²) >= 11 is 4.63. The Labute approximate surface area is 182 Å². The van der Waals surface area contributed by atoms with E-state index >= 15 is 0 Å². The van der Waals surface area contributed by atoms with E-state index in [0.29, 0.717) is 28.8 Å². The molecule has 29 heavy (non-hydrogen) atoms. The summed E-state index contributed by atoms with van der Waals surface area (Å²) in [6.07, 6.45) is 7.23. The number of hydrogen-bond donors (Lipinski definition) is 1. The Morgan fingerprint density at radius 3 is 2.79 bits per heavy atom. The highest BCUT2D eigenvalue weighted by Gasteiger charge is 2.21. The highest BCUT2D eigenvalue weighted by atomic mass is 32.2. The van der Waals surface area contributed by atoms with Crippen molar-refractivity contribution in [1.29, 1.82) is 0 Å². The van der Waals surface area contributed by atoms with Crippen molar-refractivity contribution in [2.75, 3.05) is 12.8 Å². The number of nitrogens with zero attached hydrogens (tertiary/aromatic N) is 2. The molecule has 0 aromatic carbocycles. The largest absolute Gasteiger partial charge is 0.342 e. The zero-order chi connectivity index (χ0) is 20.2. The van der Waals surface area contributed by atoms with Gasteiger partial charge in [0, 0.05) is 28.9 Å². The van der Waals surface area contributed by atoms with Crippen LogP contribution in [0.5, 0.6) is 0 Å². The van der Waals surface area contributed by atoms with Gasteiger partial charge < -0.3 is 9.88 Å². The van der Waals surface area contributed by atoms with Crippen LogP contribution in [0.25, 0.3) is 20.7 Å². The van der Waals surface area contributed by atoms with Gasteiger partial charge in [-0.2, -0.15) is 0 Å². The summed E-state index contributed by atoms with van der Waals surface area (Å²) in [5.74, 6) is 1.75. The van der Waals surface area contributed by atoms with E-state index in [1.165, 1.54) is 48.8 Å². The van der Waals surface area contributed by atoms with Crippen LogP contribution in [0.15, 0.2) is 27.7 Å². The molecule has 1 fully saturated rings. The molecule has 3 aromatic heterocycles. The molecule has 4 rings (SSSR count). The number of amides is 1. The van der Waals surface area contributed by atoms with Gasteiger partial charge in [0.05, 0.1) is 16.9 Å². The van der Waals surface area contributed by atoms with E-state index in [1.54, 1.807) is 11.3 Å². The molecule has 0 spiro atoms. The van der Waals surface area contributed by atoms with Gasteiger partial charge in [-0.15, -0.1) is 34.4 Å². The van der Waals surface area contributed by atoms with Crippen LogP contribution in [0.4, 0.5) is 0 Å². The number of hydrogen-bond acceptors (Lipinski definition) is 6. The highest BCUT2D eigenvalue weighted by Crippen LogP contribution is 2.33. The quantitative estimate of drug-likeness (QED) is 0.532. The zero-order valence-corrected chi connectivity index (χ0v) is 18.9. The molecule has 0 aliphatic heterocycles. The molecular formula is C21H25N3O2S3. The zero-order valence-electron chi connectivity index (χ0n) is 16.5. The second kappa shape index (κ2) is 9.45. The SMILES string of the molecule is CN(C(=O)CSCc1nc2scc(-c3cccs3)c2c(=O)[nH]1)C1CCCCCC1. The smallest absolute Gasteiger partial charge is 0.260 e. The van der Waals surface area contributed by atoms with Gasteiger partial charge in [0.1, 0.15) is 10.7 Å². The number of H-pyrrole nitrogens is 1. The second-order valence-electron chi connectivity index (χ2n) is 7.46. The molecule has 1 saturated carbocycles. The third-order valence-electron chi connectivity index (χ3n) is 5.51. The number of aromatic amines is 1. The summed E-state index contributed by atoms with van der Waals surface area (Å²) < 4.78 is 0. The molecular weight excluding hydrogens is 422 g/mol. The minimum Gasteiger partial charge on any atom is -0.342 e. The van der Waals surface area contributed by atoms with E-state index < -0.39 is 0 Å². The first kappa shape index (κ1) is 20.6. The summed E-state index contributed by atoms with van der Waals surface area (Å²) in [6.45, 7) is 0. The number of carbonyl (C=O) groups excluding carboxylic acids is 1. The Hall–Kier alpha value is -1.64. The number of carbonyl (C=O) groups is 1. The molecule has 1 aliphatic rings. The molecule has 0 bridgehead atoms. The molecule has 3 aromatic rings. The molecule has 0 saturated heterocycles. The average molecular weight is 448 g/mol. The lowest BCUT2D eigenvalue weighted by Gasteiger charge is -2.27. The van der Waals surface area contributed by atoms with Gasteiger partial charge in [0.25, 0.3) is 5.56 Å². The number of fused-ring (bicyclic) bond motifs is 1. The molecule has 1 N–H and O–H groups in total. The second-order valence-corrected chi connectivity index (χ2v) is 10.3. The topological polar surface area (TPSA) is 66.1 Å². The van der Waals surface area contributed by atoms with E-state index in [4.69, 9.17) is 0 Å².